The van der Waals surface area contributed by atoms with Gasteiger partial charge in [-0.1, -0.05) is 25.7 Å². The summed E-state index contributed by atoms with van der Waals surface area (Å²) in [5, 5.41) is 2.68. The molecule has 0 spiro atoms. The Hall–Kier alpha value is -1.35. The van der Waals surface area contributed by atoms with Crippen molar-refractivity contribution in [2.24, 2.45) is 5.92 Å². The van der Waals surface area contributed by atoms with E-state index in [2.05, 4.69) is 5.32 Å². The van der Waals surface area contributed by atoms with Crippen LogP contribution in [0.15, 0.2) is 0 Å². The van der Waals surface area contributed by atoms with Crippen LogP contribution in [0, 0.1) is 5.92 Å². The molecule has 3 rings (SSSR count). The Morgan fingerprint density at radius 3 is 2.29 bits per heavy atom. The zero-order valence-electron chi connectivity index (χ0n) is 17.1. The van der Waals surface area contributed by atoms with E-state index in [1.807, 2.05) is 0 Å². The molecule has 160 valence electrons. The van der Waals surface area contributed by atoms with Gasteiger partial charge < -0.3 is 15.1 Å². The van der Waals surface area contributed by atoms with E-state index in [0.717, 1.165) is 25.7 Å². The Kier molecular flexibility index (Phi) is 6.85. The zero-order chi connectivity index (χ0) is 20.3. The molecule has 0 radical (unpaired) electrons. The van der Waals surface area contributed by atoms with Crippen molar-refractivity contribution in [1.29, 1.82) is 0 Å². The van der Waals surface area contributed by atoms with Crippen LogP contribution in [-0.2, 0) is 14.8 Å². The minimum absolute atomic E-state index is 0.0179. The van der Waals surface area contributed by atoms with Gasteiger partial charge in [0.1, 0.15) is 0 Å². The topological polar surface area (TPSA) is 90.0 Å². The van der Waals surface area contributed by atoms with Crippen molar-refractivity contribution < 1.29 is 18.0 Å². The third-order valence-electron chi connectivity index (χ3n) is 6.44. The molecule has 1 N–H and O–H groups in total. The second-order valence-corrected chi connectivity index (χ2v) is 10.8. The molecule has 2 aliphatic heterocycles. The second-order valence-electron chi connectivity index (χ2n) is 8.63. The summed E-state index contributed by atoms with van der Waals surface area (Å²) in [4.78, 5) is 27.9. The highest BCUT2D eigenvalue weighted by Gasteiger charge is 2.47. The minimum atomic E-state index is -3.49. The molecule has 3 fully saturated rings. The molecule has 1 aliphatic carbocycles. The van der Waals surface area contributed by atoms with Crippen molar-refractivity contribution in [2.45, 2.75) is 62.7 Å². The lowest BCUT2D eigenvalue weighted by molar-refractivity contribution is -0.128. The molecule has 28 heavy (non-hydrogen) atoms. The molecule has 3 aliphatic rings. The van der Waals surface area contributed by atoms with Crippen LogP contribution in [0.25, 0.3) is 0 Å². The predicted molar refractivity (Wildman–Crippen MR) is 107 cm³/mol. The summed E-state index contributed by atoms with van der Waals surface area (Å²) in [6.45, 7) is 1.32. The van der Waals surface area contributed by atoms with Crippen LogP contribution in [0.5, 0.6) is 0 Å². The molecule has 0 aromatic rings. The van der Waals surface area contributed by atoms with E-state index in [0.29, 0.717) is 32.5 Å². The summed E-state index contributed by atoms with van der Waals surface area (Å²) < 4.78 is 27.2. The maximum Gasteiger partial charge on any atom is 0.317 e. The molecule has 0 aromatic heterocycles. The van der Waals surface area contributed by atoms with Crippen LogP contribution < -0.4 is 5.32 Å². The van der Waals surface area contributed by atoms with Gasteiger partial charge in [0.2, 0.25) is 15.9 Å². The van der Waals surface area contributed by atoms with E-state index < -0.39 is 15.3 Å². The van der Waals surface area contributed by atoms with E-state index in [1.54, 1.807) is 19.0 Å². The van der Waals surface area contributed by atoms with Gasteiger partial charge in [0.15, 0.2) is 0 Å². The summed E-state index contributed by atoms with van der Waals surface area (Å²) in [5.74, 6) is -0.222. The van der Waals surface area contributed by atoms with Gasteiger partial charge in [0.05, 0.1) is 11.8 Å². The third-order valence-corrected chi connectivity index (χ3v) is 8.82. The van der Waals surface area contributed by atoms with Gasteiger partial charge in [-0.3, -0.25) is 4.79 Å². The van der Waals surface area contributed by atoms with Gasteiger partial charge in [-0.05, 0) is 31.6 Å². The lowest BCUT2D eigenvalue weighted by Gasteiger charge is -2.25. The number of urea groups is 1. The summed E-state index contributed by atoms with van der Waals surface area (Å²) >= 11 is 0. The number of hydrogen-bond donors (Lipinski definition) is 1. The first-order valence-corrected chi connectivity index (χ1v) is 12.0. The fraction of sp³-hybridized carbons (Fsp3) is 0.895. The van der Waals surface area contributed by atoms with Crippen molar-refractivity contribution in [1.82, 2.24) is 19.4 Å². The van der Waals surface area contributed by atoms with Crippen molar-refractivity contribution in [3.63, 3.8) is 0 Å². The van der Waals surface area contributed by atoms with Crippen LogP contribution in [0.1, 0.15) is 51.4 Å². The standard InChI is InChI=1S/C19H34N4O4S/c1-21(2)18(24)14-23-13-15-9-11-22(12-10-17(15)28(23,26)27)19(25)20-16-7-5-3-4-6-8-16/h15-17H,3-14H2,1-2H3,(H,20,25)/t15-,17-/m1/s1. The van der Waals surface area contributed by atoms with Gasteiger partial charge in [0.25, 0.3) is 0 Å². The van der Waals surface area contributed by atoms with E-state index in [-0.39, 0.29) is 30.4 Å². The molecule has 8 nitrogen and oxygen atoms in total. The maximum absolute atomic E-state index is 12.9. The summed E-state index contributed by atoms with van der Waals surface area (Å²) in [6, 6.07) is 0.193. The Balaban J connectivity index is 1.57. The number of hydrogen-bond acceptors (Lipinski definition) is 4. The number of rotatable bonds is 3. The van der Waals surface area contributed by atoms with E-state index >= 15 is 0 Å². The zero-order valence-corrected chi connectivity index (χ0v) is 17.9. The first-order chi connectivity index (χ1) is 13.3. The van der Waals surface area contributed by atoms with Crippen molar-refractivity contribution in [3.8, 4) is 0 Å². The average Bonchev–Trinajstić information content (AvgIpc) is 2.90. The van der Waals surface area contributed by atoms with Crippen LogP contribution in [0.4, 0.5) is 4.79 Å². The molecule has 9 heteroatoms. The Morgan fingerprint density at radius 2 is 1.64 bits per heavy atom. The number of amides is 3. The average molecular weight is 415 g/mol. The minimum Gasteiger partial charge on any atom is -0.348 e. The SMILES string of the molecule is CN(C)C(=O)CN1C[C@H]2CCN(C(=O)NC3CCCCCC3)CC[C@H]2S1(=O)=O. The van der Waals surface area contributed by atoms with Crippen molar-refractivity contribution in [3.05, 3.63) is 0 Å². The number of likely N-dealkylation sites (tertiary alicyclic amines) is 1. The van der Waals surface area contributed by atoms with E-state index in [1.165, 1.54) is 22.0 Å². The normalized spacial score (nSPS) is 28.9. The number of fused-ring (bicyclic) bond motifs is 1. The molecular formula is C19H34N4O4S. The Labute approximate surface area is 168 Å². The molecule has 0 bridgehead atoms. The number of likely N-dealkylation sites (N-methyl/N-ethyl adjacent to an activating group) is 1. The van der Waals surface area contributed by atoms with Crippen molar-refractivity contribution >= 4 is 22.0 Å². The number of nitrogens with zero attached hydrogens (tertiary/aromatic N) is 3. The van der Waals surface area contributed by atoms with Gasteiger partial charge in [-0.2, -0.15) is 4.31 Å². The molecular weight excluding hydrogens is 380 g/mol. The number of carbonyl (C=O) groups excluding carboxylic acids is 2. The molecule has 3 amide bonds. The van der Waals surface area contributed by atoms with Gasteiger partial charge >= 0.3 is 6.03 Å². The smallest absolute Gasteiger partial charge is 0.317 e. The first kappa shape index (κ1) is 21.4. The molecule has 2 atom stereocenters. The van der Waals surface area contributed by atoms with Crippen LogP contribution in [-0.4, -0.2) is 86.0 Å². The molecule has 0 unspecified atom stereocenters. The lowest BCUT2D eigenvalue weighted by Crippen LogP contribution is -2.45. The van der Waals surface area contributed by atoms with Crippen LogP contribution >= 0.6 is 0 Å². The second kappa shape index (κ2) is 8.98. The fourth-order valence-corrected chi connectivity index (χ4v) is 6.82. The molecule has 0 aromatic carbocycles. The highest BCUT2D eigenvalue weighted by atomic mass is 32.2. The van der Waals surface area contributed by atoms with E-state index in [4.69, 9.17) is 0 Å². The first-order valence-electron chi connectivity index (χ1n) is 10.5. The third kappa shape index (κ3) is 4.79. The molecule has 2 saturated heterocycles. The summed E-state index contributed by atoms with van der Waals surface area (Å²) in [6.07, 6.45) is 7.98. The highest BCUT2D eigenvalue weighted by Crippen LogP contribution is 2.34. The molecule has 1 saturated carbocycles. The van der Waals surface area contributed by atoms with Crippen LogP contribution in [0.2, 0.25) is 0 Å². The molecule has 2 heterocycles. The number of sulfonamides is 1. The predicted octanol–water partition coefficient (Wildman–Crippen LogP) is 1.23. The quantitative estimate of drug-likeness (QED) is 0.704. The largest absolute Gasteiger partial charge is 0.348 e. The Morgan fingerprint density at radius 1 is 1.00 bits per heavy atom. The lowest BCUT2D eigenvalue weighted by atomic mass is 10.0. The van der Waals surface area contributed by atoms with Gasteiger partial charge in [0, 0.05) is 39.8 Å². The summed E-state index contributed by atoms with van der Waals surface area (Å²) in [7, 11) is -0.228. The van der Waals surface area contributed by atoms with Crippen LogP contribution in [0.3, 0.4) is 0 Å². The van der Waals surface area contributed by atoms with Gasteiger partial charge in [-0.15, -0.1) is 0 Å². The van der Waals surface area contributed by atoms with E-state index in [9.17, 15) is 18.0 Å². The maximum atomic E-state index is 12.9. The monoisotopic (exact) mass is 414 g/mol. The fourth-order valence-electron chi connectivity index (χ4n) is 4.64. The highest BCUT2D eigenvalue weighted by molar-refractivity contribution is 7.90. The Bertz CT molecular complexity index is 673. The van der Waals surface area contributed by atoms with Crippen molar-refractivity contribution in [2.75, 3.05) is 40.3 Å². The number of carbonyl (C=O) groups is 2. The summed E-state index contributed by atoms with van der Waals surface area (Å²) in [5.41, 5.74) is 0. The number of nitrogens with one attached hydrogen (secondary N) is 1. The van der Waals surface area contributed by atoms with Gasteiger partial charge in [-0.25, -0.2) is 13.2 Å².